The van der Waals surface area contributed by atoms with Crippen LogP contribution in [0, 0.1) is 6.92 Å². The van der Waals surface area contributed by atoms with Crippen molar-refractivity contribution in [1.29, 1.82) is 0 Å². The monoisotopic (exact) mass is 304 g/mol. The fourth-order valence-corrected chi connectivity index (χ4v) is 1.78. The predicted octanol–water partition coefficient (Wildman–Crippen LogP) is 2.59. The molecule has 0 fully saturated rings. The molecular formula is C14H16N4O4. The highest BCUT2D eigenvalue weighted by atomic mass is 16.5. The number of carbonyl (C=O) groups is 2. The minimum atomic E-state index is -0.508. The highest BCUT2D eigenvalue weighted by Crippen LogP contribution is 2.28. The van der Waals surface area contributed by atoms with Crippen LogP contribution < -0.4 is 20.7 Å². The number of urea groups is 1. The Kier molecular flexibility index (Phi) is 4.62. The van der Waals surface area contributed by atoms with Gasteiger partial charge in [0, 0.05) is 18.7 Å². The standard InChI is InChI=1S/C14H16N4O4/c1-8-6-13(18-22-8)17-14(20)16-11-7-10(15-9(2)19)4-5-12(11)21-3/h4-7H,1-3H3,(H,15,19)(H2,16,17,18,20). The summed E-state index contributed by atoms with van der Waals surface area (Å²) >= 11 is 0. The summed E-state index contributed by atoms with van der Waals surface area (Å²) in [6.45, 7) is 3.12. The van der Waals surface area contributed by atoms with Gasteiger partial charge in [0.05, 0.1) is 12.8 Å². The van der Waals surface area contributed by atoms with Gasteiger partial charge in [0.25, 0.3) is 0 Å². The lowest BCUT2D eigenvalue weighted by atomic mass is 10.2. The number of hydrogen-bond acceptors (Lipinski definition) is 5. The van der Waals surface area contributed by atoms with E-state index < -0.39 is 6.03 Å². The van der Waals surface area contributed by atoms with Crippen LogP contribution in [0.4, 0.5) is 22.0 Å². The van der Waals surface area contributed by atoms with Gasteiger partial charge < -0.3 is 19.9 Å². The molecule has 0 spiro atoms. The third-order valence-corrected chi connectivity index (χ3v) is 2.64. The SMILES string of the molecule is COc1ccc(NC(C)=O)cc1NC(=O)Nc1cc(C)on1. The summed E-state index contributed by atoms with van der Waals surface area (Å²) in [6.07, 6.45) is 0. The molecule has 22 heavy (non-hydrogen) atoms. The largest absolute Gasteiger partial charge is 0.495 e. The molecule has 0 radical (unpaired) electrons. The Balaban J connectivity index is 2.12. The second kappa shape index (κ2) is 6.61. The number of aryl methyl sites for hydroxylation is 1. The zero-order chi connectivity index (χ0) is 16.1. The highest BCUT2D eigenvalue weighted by molar-refractivity contribution is 6.01. The Morgan fingerprint density at radius 2 is 1.95 bits per heavy atom. The van der Waals surface area contributed by atoms with Crippen molar-refractivity contribution in [1.82, 2.24) is 5.16 Å². The van der Waals surface area contributed by atoms with Crippen LogP contribution in [-0.4, -0.2) is 24.2 Å². The first-order valence-electron chi connectivity index (χ1n) is 6.45. The number of benzene rings is 1. The maximum absolute atomic E-state index is 11.9. The lowest BCUT2D eigenvalue weighted by Gasteiger charge is -2.12. The van der Waals surface area contributed by atoms with E-state index in [0.717, 1.165) is 0 Å². The van der Waals surface area contributed by atoms with Crippen LogP contribution in [0.1, 0.15) is 12.7 Å². The number of nitrogens with zero attached hydrogens (tertiary/aromatic N) is 1. The van der Waals surface area contributed by atoms with Gasteiger partial charge in [-0.3, -0.25) is 10.1 Å². The Hall–Kier alpha value is -3.03. The second-order valence-corrected chi connectivity index (χ2v) is 4.50. The van der Waals surface area contributed by atoms with Crippen LogP contribution in [0.3, 0.4) is 0 Å². The quantitative estimate of drug-likeness (QED) is 0.805. The van der Waals surface area contributed by atoms with Crippen molar-refractivity contribution in [3.8, 4) is 5.75 Å². The lowest BCUT2D eigenvalue weighted by molar-refractivity contribution is -0.114. The molecule has 0 saturated carbocycles. The second-order valence-electron chi connectivity index (χ2n) is 4.50. The molecule has 1 aromatic heterocycles. The van der Waals surface area contributed by atoms with E-state index in [2.05, 4.69) is 21.1 Å². The molecule has 0 bridgehead atoms. The first kappa shape index (κ1) is 15.4. The summed E-state index contributed by atoms with van der Waals surface area (Å²) in [6, 6.07) is 5.98. The van der Waals surface area contributed by atoms with Gasteiger partial charge in [-0.1, -0.05) is 5.16 Å². The smallest absolute Gasteiger partial charge is 0.325 e. The fraction of sp³-hybridized carbons (Fsp3) is 0.214. The van der Waals surface area contributed by atoms with Crippen molar-refractivity contribution < 1.29 is 18.8 Å². The predicted molar refractivity (Wildman–Crippen MR) is 81.2 cm³/mol. The number of nitrogens with one attached hydrogen (secondary N) is 3. The molecule has 0 unspecified atom stereocenters. The summed E-state index contributed by atoms with van der Waals surface area (Å²) in [7, 11) is 1.48. The van der Waals surface area contributed by atoms with E-state index in [1.54, 1.807) is 31.2 Å². The third kappa shape index (κ3) is 3.98. The van der Waals surface area contributed by atoms with E-state index in [-0.39, 0.29) is 5.91 Å². The van der Waals surface area contributed by atoms with Crippen molar-refractivity contribution in [2.45, 2.75) is 13.8 Å². The zero-order valence-electron chi connectivity index (χ0n) is 12.4. The van der Waals surface area contributed by atoms with Crippen molar-refractivity contribution >= 4 is 29.1 Å². The Labute approximate surface area is 126 Å². The van der Waals surface area contributed by atoms with Gasteiger partial charge in [-0.05, 0) is 25.1 Å². The molecule has 0 aliphatic rings. The number of ether oxygens (including phenoxy) is 1. The minimum absolute atomic E-state index is 0.210. The van der Waals surface area contributed by atoms with Gasteiger partial charge in [-0.15, -0.1) is 0 Å². The van der Waals surface area contributed by atoms with Crippen LogP contribution >= 0.6 is 0 Å². The van der Waals surface area contributed by atoms with Gasteiger partial charge in [0.2, 0.25) is 5.91 Å². The number of carbonyl (C=O) groups excluding carboxylic acids is 2. The van der Waals surface area contributed by atoms with E-state index in [1.165, 1.54) is 14.0 Å². The molecule has 1 aromatic carbocycles. The molecule has 3 N–H and O–H groups in total. The maximum atomic E-state index is 11.9. The zero-order valence-corrected chi connectivity index (χ0v) is 12.4. The van der Waals surface area contributed by atoms with Gasteiger partial charge in [0.15, 0.2) is 5.82 Å². The van der Waals surface area contributed by atoms with E-state index in [0.29, 0.717) is 28.7 Å². The summed E-state index contributed by atoms with van der Waals surface area (Å²) in [5, 5.41) is 11.4. The normalized spacial score (nSPS) is 9.95. The van der Waals surface area contributed by atoms with Gasteiger partial charge in [0.1, 0.15) is 11.5 Å². The maximum Gasteiger partial charge on any atom is 0.325 e. The summed E-state index contributed by atoms with van der Waals surface area (Å²) in [5.74, 6) is 1.13. The van der Waals surface area contributed by atoms with Crippen molar-refractivity contribution in [2.75, 3.05) is 23.1 Å². The molecule has 2 aromatic rings. The van der Waals surface area contributed by atoms with E-state index in [9.17, 15) is 9.59 Å². The summed E-state index contributed by atoms with van der Waals surface area (Å²) < 4.78 is 10.0. The van der Waals surface area contributed by atoms with Crippen molar-refractivity contribution in [2.24, 2.45) is 0 Å². The third-order valence-electron chi connectivity index (χ3n) is 2.64. The molecule has 0 aliphatic heterocycles. The number of aromatic nitrogens is 1. The van der Waals surface area contributed by atoms with Gasteiger partial charge in [-0.2, -0.15) is 0 Å². The molecule has 8 nitrogen and oxygen atoms in total. The van der Waals surface area contributed by atoms with Crippen LogP contribution in [0.2, 0.25) is 0 Å². The number of rotatable bonds is 4. The minimum Gasteiger partial charge on any atom is -0.495 e. The number of amides is 3. The average Bonchev–Trinajstić information content (AvgIpc) is 2.83. The van der Waals surface area contributed by atoms with Crippen molar-refractivity contribution in [3.63, 3.8) is 0 Å². The Bertz CT molecular complexity index is 696. The molecule has 2 rings (SSSR count). The van der Waals surface area contributed by atoms with E-state index in [1.807, 2.05) is 0 Å². The molecule has 8 heteroatoms. The first-order chi connectivity index (χ1) is 10.5. The number of methoxy groups -OCH3 is 1. The van der Waals surface area contributed by atoms with Gasteiger partial charge in [-0.25, -0.2) is 4.79 Å². The fourth-order valence-electron chi connectivity index (χ4n) is 1.78. The Morgan fingerprint density at radius 3 is 2.55 bits per heavy atom. The Morgan fingerprint density at radius 1 is 1.18 bits per heavy atom. The van der Waals surface area contributed by atoms with Crippen LogP contribution in [0.25, 0.3) is 0 Å². The summed E-state index contributed by atoms with van der Waals surface area (Å²) in [4.78, 5) is 23.0. The molecule has 0 saturated heterocycles. The van der Waals surface area contributed by atoms with E-state index >= 15 is 0 Å². The first-order valence-corrected chi connectivity index (χ1v) is 6.45. The van der Waals surface area contributed by atoms with E-state index in [4.69, 9.17) is 9.26 Å². The topological polar surface area (TPSA) is 105 Å². The molecule has 3 amide bonds. The van der Waals surface area contributed by atoms with Crippen molar-refractivity contribution in [3.05, 3.63) is 30.0 Å². The van der Waals surface area contributed by atoms with Crippen LogP contribution in [0.15, 0.2) is 28.8 Å². The molecule has 1 heterocycles. The van der Waals surface area contributed by atoms with Crippen LogP contribution in [-0.2, 0) is 4.79 Å². The molecule has 0 atom stereocenters. The molecular weight excluding hydrogens is 288 g/mol. The number of anilines is 3. The molecule has 116 valence electrons. The summed E-state index contributed by atoms with van der Waals surface area (Å²) in [5.41, 5.74) is 0.951. The van der Waals surface area contributed by atoms with Crippen LogP contribution in [0.5, 0.6) is 5.75 Å². The highest BCUT2D eigenvalue weighted by Gasteiger charge is 2.11. The molecule has 0 aliphatic carbocycles. The lowest BCUT2D eigenvalue weighted by Crippen LogP contribution is -2.20. The number of hydrogen-bond donors (Lipinski definition) is 3. The average molecular weight is 304 g/mol. The van der Waals surface area contributed by atoms with Gasteiger partial charge >= 0.3 is 6.03 Å².